The lowest BCUT2D eigenvalue weighted by Gasteiger charge is -2.17. The number of carbonyl (C=O) groups is 3. The minimum Gasteiger partial charge on any atom is -0.355 e. The number of pyridine rings is 1. The maximum atomic E-state index is 13.1. The largest absolute Gasteiger partial charge is 0.355 e. The van der Waals surface area contributed by atoms with Gasteiger partial charge in [0.1, 0.15) is 11.6 Å². The van der Waals surface area contributed by atoms with Crippen molar-refractivity contribution >= 4 is 46.8 Å². The summed E-state index contributed by atoms with van der Waals surface area (Å²) < 4.78 is 23.7. The van der Waals surface area contributed by atoms with Crippen LogP contribution in [0.1, 0.15) is 44.1 Å². The number of aryl methyl sites for hydroxylation is 1. The third-order valence-corrected chi connectivity index (χ3v) is 5.26. The van der Waals surface area contributed by atoms with Crippen LogP contribution in [-0.4, -0.2) is 40.3 Å². The van der Waals surface area contributed by atoms with Crippen molar-refractivity contribution in [1.29, 1.82) is 0 Å². The van der Waals surface area contributed by atoms with Crippen LogP contribution in [0.5, 0.6) is 0 Å². The summed E-state index contributed by atoms with van der Waals surface area (Å²) in [5.41, 5.74) is 0.854. The second kappa shape index (κ2) is 8.17. The average molecular weight is 423 g/mol. The fourth-order valence-electron chi connectivity index (χ4n) is 3.46. The predicted molar refractivity (Wildman–Crippen MR) is 118 cm³/mol. The lowest BCUT2D eigenvalue weighted by atomic mass is 9.94. The van der Waals surface area contributed by atoms with Crippen molar-refractivity contribution in [3.63, 3.8) is 0 Å². The Labute approximate surface area is 183 Å². The highest BCUT2D eigenvalue weighted by Crippen LogP contribution is 2.37. The number of rotatable bonds is 7. The molecule has 3 heterocycles. The van der Waals surface area contributed by atoms with Crippen LogP contribution in [0.3, 0.4) is 0 Å². The smallest absolute Gasteiger partial charge is 0.254 e. The van der Waals surface area contributed by atoms with Crippen LogP contribution in [0.25, 0.3) is 0 Å². The van der Waals surface area contributed by atoms with Gasteiger partial charge in [-0.15, -0.1) is 6.58 Å². The van der Waals surface area contributed by atoms with E-state index >= 15 is 0 Å². The summed E-state index contributed by atoms with van der Waals surface area (Å²) in [6, 6.07) is 1.44. The number of aliphatic imine (C=N–C) groups is 1. The molecule has 9 heteroatoms. The summed E-state index contributed by atoms with van der Waals surface area (Å²) >= 11 is 0. The van der Waals surface area contributed by atoms with Gasteiger partial charge in [-0.25, -0.2) is 9.98 Å². The van der Waals surface area contributed by atoms with Crippen LogP contribution < -0.4 is 16.0 Å². The van der Waals surface area contributed by atoms with Gasteiger partial charge in [0, 0.05) is 48.7 Å². The number of anilines is 3. The van der Waals surface area contributed by atoms with Crippen LogP contribution in [0, 0.1) is 11.8 Å². The molecule has 1 aliphatic carbocycles. The van der Waals surface area contributed by atoms with Gasteiger partial charge in [-0.05, 0) is 19.3 Å². The van der Waals surface area contributed by atoms with Crippen LogP contribution >= 0.6 is 0 Å². The van der Waals surface area contributed by atoms with Crippen molar-refractivity contribution in [2.24, 2.45) is 23.9 Å². The van der Waals surface area contributed by atoms with Gasteiger partial charge in [0.05, 0.1) is 28.4 Å². The van der Waals surface area contributed by atoms with E-state index in [1.807, 2.05) is 5.32 Å². The molecule has 2 aliphatic rings. The lowest BCUT2D eigenvalue weighted by molar-refractivity contribution is -0.117. The van der Waals surface area contributed by atoms with Gasteiger partial charge in [-0.3, -0.25) is 14.4 Å². The van der Waals surface area contributed by atoms with Gasteiger partial charge in [0.2, 0.25) is 5.91 Å². The van der Waals surface area contributed by atoms with Crippen molar-refractivity contribution in [2.75, 3.05) is 17.6 Å². The average Bonchev–Trinajstić information content (AvgIpc) is 3.54. The second-order valence-corrected chi connectivity index (χ2v) is 7.58. The Bertz CT molecular complexity index is 1210. The maximum absolute atomic E-state index is 13.1. The van der Waals surface area contributed by atoms with E-state index in [0.717, 1.165) is 12.8 Å². The van der Waals surface area contributed by atoms with Crippen LogP contribution in [-0.2, 0) is 11.8 Å². The molecule has 0 radical (unpaired) electrons. The summed E-state index contributed by atoms with van der Waals surface area (Å²) in [5, 5.41) is 7.70. The molecule has 1 fully saturated rings. The number of fused-ring (bicyclic) bond motifs is 1. The van der Waals surface area contributed by atoms with Gasteiger partial charge in [-0.2, -0.15) is 0 Å². The Hall–Kier alpha value is -3.75. The molecule has 1 saturated carbocycles. The fourth-order valence-corrected chi connectivity index (χ4v) is 3.46. The van der Waals surface area contributed by atoms with Crippen LogP contribution in [0.2, 0.25) is 0 Å². The Balaban J connectivity index is 1.72. The molecule has 0 bridgehead atoms. The summed E-state index contributed by atoms with van der Waals surface area (Å²) in [5.74, 6) is -1.08. The second-order valence-electron chi connectivity index (χ2n) is 7.58. The van der Waals surface area contributed by atoms with Gasteiger partial charge >= 0.3 is 0 Å². The Morgan fingerprint density at radius 3 is 2.90 bits per heavy atom. The number of carbonyl (C=O) groups excluding carboxylic acids is 3. The third kappa shape index (κ3) is 3.98. The Kier molecular flexibility index (Phi) is 4.48. The van der Waals surface area contributed by atoms with Gasteiger partial charge < -0.3 is 20.5 Å². The van der Waals surface area contributed by atoms with Crippen molar-refractivity contribution in [3.05, 3.63) is 42.2 Å². The Morgan fingerprint density at radius 2 is 2.19 bits per heavy atom. The van der Waals surface area contributed by atoms with E-state index in [4.69, 9.17) is 4.11 Å². The number of aromatic nitrogens is 2. The molecular weight excluding hydrogens is 396 g/mol. The summed E-state index contributed by atoms with van der Waals surface area (Å²) in [6.07, 6.45) is 8.11. The number of allylic oxidation sites excluding steroid dienone is 1. The van der Waals surface area contributed by atoms with Crippen LogP contribution in [0.15, 0.2) is 36.1 Å². The SMILES string of the molecule is [2H]C([2H])([2H])NC(=O)c1cnc(NC(=O)C2CC2)cc1Nc1cn(C)c2c1C(=O)C(CC=C)C=N2. The predicted octanol–water partition coefficient (Wildman–Crippen LogP) is 2.96. The molecule has 160 valence electrons. The molecular formula is C22H24N6O3. The first-order valence-electron chi connectivity index (χ1n) is 11.4. The summed E-state index contributed by atoms with van der Waals surface area (Å²) in [6.45, 7) is 0.978. The van der Waals surface area contributed by atoms with Crippen molar-refractivity contribution in [3.8, 4) is 0 Å². The molecule has 0 spiro atoms. The number of amides is 2. The highest BCUT2D eigenvalue weighted by molar-refractivity contribution is 6.16. The molecule has 2 aromatic rings. The molecule has 1 aliphatic heterocycles. The molecule has 0 saturated heterocycles. The van der Waals surface area contributed by atoms with Gasteiger partial charge in [0.15, 0.2) is 5.78 Å². The van der Waals surface area contributed by atoms with E-state index in [-0.39, 0.29) is 34.7 Å². The van der Waals surface area contributed by atoms with Gasteiger partial charge in [-0.1, -0.05) is 6.08 Å². The first-order valence-corrected chi connectivity index (χ1v) is 9.86. The molecule has 4 rings (SSSR count). The topological polar surface area (TPSA) is 117 Å². The first kappa shape index (κ1) is 17.0. The van der Waals surface area contributed by atoms with Crippen molar-refractivity contribution in [1.82, 2.24) is 14.9 Å². The quantitative estimate of drug-likeness (QED) is 0.592. The molecule has 1 atom stereocenters. The fraction of sp³-hybridized carbons (Fsp3) is 0.318. The summed E-state index contributed by atoms with van der Waals surface area (Å²) in [7, 11) is 1.73. The highest BCUT2D eigenvalue weighted by Gasteiger charge is 2.31. The number of Topliss-reactive ketones (excluding diaryl/α,β-unsaturated/α-hetero) is 1. The maximum Gasteiger partial charge on any atom is 0.254 e. The zero-order chi connectivity index (χ0) is 24.6. The minimum atomic E-state index is -2.71. The van der Waals surface area contributed by atoms with E-state index in [1.165, 1.54) is 12.3 Å². The van der Waals surface area contributed by atoms with E-state index in [2.05, 4.69) is 27.2 Å². The molecule has 9 nitrogen and oxygen atoms in total. The third-order valence-electron chi connectivity index (χ3n) is 5.26. The number of ketones is 1. The number of nitrogens with zero attached hydrogens (tertiary/aromatic N) is 3. The molecule has 2 aromatic heterocycles. The zero-order valence-electron chi connectivity index (χ0n) is 19.9. The van der Waals surface area contributed by atoms with E-state index in [1.54, 1.807) is 30.1 Å². The standard InChI is InChI=1S/C22H24N6O3/c1-4-5-13-9-25-20-18(19(13)29)16(11-28(20)3)26-15-8-17(27-21(30)12-6-7-12)24-10-14(15)22(31)23-2/h4,8-13H,1,5-7H2,2-3H3,(H,23,31)(H2,24,26,27,30)/i2D3. The van der Waals surface area contributed by atoms with E-state index in [9.17, 15) is 14.4 Å². The van der Waals surface area contributed by atoms with Crippen molar-refractivity contribution < 1.29 is 18.5 Å². The van der Waals surface area contributed by atoms with Crippen LogP contribution in [0.4, 0.5) is 23.0 Å². The zero-order valence-corrected chi connectivity index (χ0v) is 16.9. The molecule has 1 unspecified atom stereocenters. The van der Waals surface area contributed by atoms with Gasteiger partial charge in [0.25, 0.3) is 5.91 Å². The molecule has 0 aromatic carbocycles. The summed E-state index contributed by atoms with van der Waals surface area (Å²) in [4.78, 5) is 46.5. The Morgan fingerprint density at radius 1 is 1.39 bits per heavy atom. The lowest BCUT2D eigenvalue weighted by Crippen LogP contribution is -2.21. The van der Waals surface area contributed by atoms with Crippen molar-refractivity contribution in [2.45, 2.75) is 19.3 Å². The molecule has 2 amide bonds. The highest BCUT2D eigenvalue weighted by atomic mass is 16.2. The molecule has 31 heavy (non-hydrogen) atoms. The first-order chi connectivity index (χ1) is 16.1. The van der Waals surface area contributed by atoms with E-state index < -0.39 is 18.8 Å². The monoisotopic (exact) mass is 423 g/mol. The number of hydrogen-bond donors (Lipinski definition) is 3. The normalized spacial score (nSPS) is 18.9. The number of nitrogens with one attached hydrogen (secondary N) is 3. The minimum absolute atomic E-state index is 0.0600. The van der Waals surface area contributed by atoms with E-state index in [0.29, 0.717) is 23.5 Å². The number of hydrogen-bond acceptors (Lipinski definition) is 6. The molecule has 3 N–H and O–H groups in total.